The van der Waals surface area contributed by atoms with Gasteiger partial charge in [-0.15, -0.1) is 0 Å². The van der Waals surface area contributed by atoms with Gasteiger partial charge < -0.3 is 14.6 Å². The van der Waals surface area contributed by atoms with E-state index in [1.165, 1.54) is 6.07 Å². The van der Waals surface area contributed by atoms with Crippen LogP contribution in [0.3, 0.4) is 0 Å². The van der Waals surface area contributed by atoms with Crippen LogP contribution in [0.4, 0.5) is 13.2 Å². The number of alkyl halides is 3. The molecule has 2 heterocycles. The van der Waals surface area contributed by atoms with E-state index >= 15 is 0 Å². The van der Waals surface area contributed by atoms with Crippen molar-refractivity contribution in [1.82, 2.24) is 9.78 Å². The molecule has 0 bridgehead atoms. The average Bonchev–Trinajstić information content (AvgIpc) is 3.33. The van der Waals surface area contributed by atoms with Gasteiger partial charge in [0.15, 0.2) is 0 Å². The molecule has 1 aliphatic rings. The number of ether oxygens (including phenoxy) is 2. The molecule has 33 heavy (non-hydrogen) atoms. The maximum absolute atomic E-state index is 13.4. The van der Waals surface area contributed by atoms with Crippen LogP contribution in [-0.2, 0) is 35.7 Å². The number of halogens is 3. The third-order valence-electron chi connectivity index (χ3n) is 5.65. The van der Waals surface area contributed by atoms with Gasteiger partial charge >= 0.3 is 6.18 Å². The van der Waals surface area contributed by atoms with Crippen LogP contribution >= 0.6 is 0 Å². The Kier molecular flexibility index (Phi) is 7.49. The van der Waals surface area contributed by atoms with Crippen LogP contribution in [0, 0.1) is 0 Å². The first-order valence-electron chi connectivity index (χ1n) is 11.5. The van der Waals surface area contributed by atoms with E-state index in [-0.39, 0.29) is 18.1 Å². The van der Waals surface area contributed by atoms with E-state index in [1.54, 1.807) is 13.8 Å². The first kappa shape index (κ1) is 25.6. The van der Waals surface area contributed by atoms with Gasteiger partial charge in [-0.1, -0.05) is 20.8 Å². The molecule has 1 fully saturated rings. The number of aliphatic hydroxyl groups is 1. The molecule has 0 radical (unpaired) electrons. The van der Waals surface area contributed by atoms with Crippen LogP contribution in [0.15, 0.2) is 24.3 Å². The van der Waals surface area contributed by atoms with Gasteiger partial charge in [-0.2, -0.15) is 18.3 Å². The van der Waals surface area contributed by atoms with E-state index in [9.17, 15) is 18.3 Å². The predicted octanol–water partition coefficient (Wildman–Crippen LogP) is 5.31. The van der Waals surface area contributed by atoms with Gasteiger partial charge in [0.1, 0.15) is 12.4 Å². The molecule has 1 aromatic carbocycles. The predicted molar refractivity (Wildman–Crippen MR) is 121 cm³/mol. The van der Waals surface area contributed by atoms with Gasteiger partial charge in [-0.25, -0.2) is 0 Å². The first-order chi connectivity index (χ1) is 15.2. The molecule has 1 atom stereocenters. The van der Waals surface area contributed by atoms with Gasteiger partial charge in [0.05, 0.1) is 29.5 Å². The molecule has 3 rings (SSSR count). The molecule has 1 aromatic heterocycles. The van der Waals surface area contributed by atoms with E-state index in [0.717, 1.165) is 43.0 Å². The van der Waals surface area contributed by atoms with Gasteiger partial charge in [0.25, 0.3) is 0 Å². The Bertz CT molecular complexity index is 934. The third kappa shape index (κ3) is 7.21. The quantitative estimate of drug-likeness (QED) is 0.570. The Labute approximate surface area is 193 Å². The van der Waals surface area contributed by atoms with E-state index in [2.05, 4.69) is 20.8 Å². The lowest BCUT2D eigenvalue weighted by Crippen LogP contribution is -2.28. The number of hydrogen-bond acceptors (Lipinski definition) is 4. The maximum Gasteiger partial charge on any atom is 0.416 e. The highest BCUT2D eigenvalue weighted by Gasteiger charge is 2.31. The summed E-state index contributed by atoms with van der Waals surface area (Å²) >= 11 is 0. The topological polar surface area (TPSA) is 56.5 Å². The lowest BCUT2D eigenvalue weighted by atomic mass is 9.92. The third-order valence-corrected chi connectivity index (χ3v) is 5.65. The number of aryl methyl sites for hydroxylation is 2. The maximum atomic E-state index is 13.4. The van der Waals surface area contributed by atoms with Crippen molar-refractivity contribution in [2.45, 2.75) is 90.1 Å². The zero-order valence-corrected chi connectivity index (χ0v) is 20.1. The zero-order valence-electron chi connectivity index (χ0n) is 20.1. The molecule has 184 valence electrons. The summed E-state index contributed by atoms with van der Waals surface area (Å²) in [4.78, 5) is 0. The second kappa shape index (κ2) is 9.66. The number of aromatic nitrogens is 2. The fraction of sp³-hybridized carbons (Fsp3) is 0.640. The minimum atomic E-state index is -4.44. The van der Waals surface area contributed by atoms with Crippen LogP contribution in [0.25, 0.3) is 0 Å². The molecule has 5 nitrogen and oxygen atoms in total. The Hall–Kier alpha value is -2.06. The van der Waals surface area contributed by atoms with Gasteiger partial charge in [-0.05, 0) is 69.4 Å². The van der Waals surface area contributed by atoms with Crippen molar-refractivity contribution in [3.63, 3.8) is 0 Å². The summed E-state index contributed by atoms with van der Waals surface area (Å²) in [5, 5.41) is 14.8. The highest BCUT2D eigenvalue weighted by molar-refractivity contribution is 5.39. The van der Waals surface area contributed by atoms with Crippen molar-refractivity contribution < 1.29 is 27.8 Å². The zero-order chi connectivity index (χ0) is 24.4. The van der Waals surface area contributed by atoms with E-state index in [4.69, 9.17) is 14.6 Å². The fourth-order valence-corrected chi connectivity index (χ4v) is 3.77. The summed E-state index contributed by atoms with van der Waals surface area (Å²) in [6.45, 7) is 10.8. The highest BCUT2D eigenvalue weighted by atomic mass is 19.4. The number of benzene rings is 1. The number of nitrogens with zero attached hydrogens (tertiary/aromatic N) is 2. The summed E-state index contributed by atoms with van der Waals surface area (Å²) in [6.07, 6.45) is -1.46. The van der Waals surface area contributed by atoms with Crippen LogP contribution in [0.2, 0.25) is 0 Å². The second-order valence-corrected chi connectivity index (χ2v) is 10.5. The smallest absolute Gasteiger partial charge is 0.416 e. The molecule has 0 amide bonds. The number of hydrogen-bond donors (Lipinski definition) is 1. The van der Waals surface area contributed by atoms with Crippen LogP contribution in [0.1, 0.15) is 70.0 Å². The van der Waals surface area contributed by atoms with E-state index in [0.29, 0.717) is 30.7 Å². The van der Waals surface area contributed by atoms with Crippen molar-refractivity contribution in [3.05, 3.63) is 46.8 Å². The summed E-state index contributed by atoms with van der Waals surface area (Å²) in [6, 6.07) is 5.54. The molecule has 1 N–H and O–H groups in total. The van der Waals surface area contributed by atoms with Gasteiger partial charge in [0.2, 0.25) is 0 Å². The van der Waals surface area contributed by atoms with Crippen LogP contribution < -0.4 is 4.74 Å². The molecule has 0 aliphatic carbocycles. The van der Waals surface area contributed by atoms with Crippen molar-refractivity contribution in [1.29, 1.82) is 0 Å². The van der Waals surface area contributed by atoms with Crippen LogP contribution in [0.5, 0.6) is 5.75 Å². The molecule has 8 heteroatoms. The summed E-state index contributed by atoms with van der Waals surface area (Å²) in [7, 11) is 0. The lowest BCUT2D eigenvalue weighted by Gasteiger charge is -2.20. The lowest BCUT2D eigenvalue weighted by molar-refractivity contribution is -0.137. The summed E-state index contributed by atoms with van der Waals surface area (Å²) in [5.41, 5.74) is 0.404. The van der Waals surface area contributed by atoms with Crippen molar-refractivity contribution in [2.75, 3.05) is 13.2 Å². The molecule has 0 saturated carbocycles. The molecule has 1 saturated heterocycles. The molecule has 0 spiro atoms. The molecule has 1 aliphatic heterocycles. The van der Waals surface area contributed by atoms with E-state index < -0.39 is 17.3 Å². The minimum absolute atomic E-state index is 0.0174. The highest BCUT2D eigenvalue weighted by Crippen LogP contribution is 2.34. The van der Waals surface area contributed by atoms with Crippen molar-refractivity contribution in [3.8, 4) is 5.75 Å². The normalized spacial score (nSPS) is 17.5. The van der Waals surface area contributed by atoms with Gasteiger partial charge in [-0.3, -0.25) is 4.68 Å². The molecular formula is C25H35F3N2O3. The van der Waals surface area contributed by atoms with E-state index in [1.807, 2.05) is 10.7 Å². The standard InChI is InChI=1S/C25H35F3N2O3/c1-23(2,3)22-14-19(30(29-22)15-20-7-6-12-32-20)10-8-17-13-18(25(26,27)28)9-11-21(17)33-16-24(4,5)31/h9,11,13-14,20,31H,6-8,10,12,15-16H2,1-5H3/t20-/m1/s1. The van der Waals surface area contributed by atoms with Crippen molar-refractivity contribution in [2.24, 2.45) is 0 Å². The largest absolute Gasteiger partial charge is 0.490 e. The minimum Gasteiger partial charge on any atom is -0.490 e. The van der Waals surface area contributed by atoms with Gasteiger partial charge in [0, 0.05) is 17.7 Å². The monoisotopic (exact) mass is 468 g/mol. The second-order valence-electron chi connectivity index (χ2n) is 10.5. The molecular weight excluding hydrogens is 433 g/mol. The fourth-order valence-electron chi connectivity index (χ4n) is 3.77. The SMILES string of the molecule is CC(C)(O)COc1ccc(C(F)(F)F)cc1CCc1cc(C(C)(C)C)nn1C[C@H]1CCCO1. The summed E-state index contributed by atoms with van der Waals surface area (Å²) < 4.78 is 53.5. The van der Waals surface area contributed by atoms with Crippen LogP contribution in [-0.4, -0.2) is 39.8 Å². The molecule has 0 unspecified atom stereocenters. The number of rotatable bonds is 8. The Morgan fingerprint density at radius 3 is 2.42 bits per heavy atom. The average molecular weight is 469 g/mol. The summed E-state index contributed by atoms with van der Waals surface area (Å²) in [5.74, 6) is 0.353. The first-order valence-corrected chi connectivity index (χ1v) is 11.5. The Balaban J connectivity index is 1.86. The Morgan fingerprint density at radius 2 is 1.85 bits per heavy atom. The molecule has 2 aromatic rings. The Morgan fingerprint density at radius 1 is 1.12 bits per heavy atom. The van der Waals surface area contributed by atoms with Crippen molar-refractivity contribution >= 4 is 0 Å².